The summed E-state index contributed by atoms with van der Waals surface area (Å²) in [6.07, 6.45) is -0.360. The number of hydrogen-bond donors (Lipinski definition) is 1. The lowest BCUT2D eigenvalue weighted by atomic mass is 9.84. The molecular formula is C27H25Cl2NO3. The Hall–Kier alpha value is -2.66. The molecular weight excluding hydrogens is 457 g/mol. The second-order valence-electron chi connectivity index (χ2n) is 8.77. The molecule has 1 aliphatic heterocycles. The topological polar surface area (TPSA) is 57.6 Å². The highest BCUT2D eigenvalue weighted by Gasteiger charge is 2.51. The van der Waals surface area contributed by atoms with Gasteiger partial charge in [0, 0.05) is 21.2 Å². The molecule has 0 radical (unpaired) electrons. The number of aliphatic hydroxyl groups is 1. The minimum Gasteiger partial charge on any atom is -0.375 e. The number of amides is 1. The van der Waals surface area contributed by atoms with Crippen LogP contribution in [-0.4, -0.2) is 16.8 Å². The SMILES string of the molecule is Cc1cc(C)c(C)c(C(=O)C[C@]2(O)C(=O)N(Cc3ccc(Cl)cc3)c3ccc(Cl)cc32)c1C. The fourth-order valence-corrected chi connectivity index (χ4v) is 4.88. The first-order valence-electron chi connectivity index (χ1n) is 10.7. The molecule has 1 heterocycles. The third-order valence-corrected chi connectivity index (χ3v) is 7.10. The number of anilines is 1. The summed E-state index contributed by atoms with van der Waals surface area (Å²) in [5, 5.41) is 12.7. The largest absolute Gasteiger partial charge is 0.375 e. The van der Waals surface area contributed by atoms with Crippen LogP contribution in [-0.2, 0) is 16.9 Å². The molecule has 1 atom stereocenters. The molecule has 0 spiro atoms. The van der Waals surface area contributed by atoms with Gasteiger partial charge >= 0.3 is 0 Å². The molecule has 0 aromatic heterocycles. The molecule has 0 unspecified atom stereocenters. The van der Waals surface area contributed by atoms with Gasteiger partial charge in [0.05, 0.1) is 18.7 Å². The zero-order chi connectivity index (χ0) is 24.1. The van der Waals surface area contributed by atoms with Crippen LogP contribution in [0.2, 0.25) is 10.0 Å². The quantitative estimate of drug-likeness (QED) is 0.439. The number of benzene rings is 3. The molecule has 170 valence electrons. The molecule has 0 saturated heterocycles. The first-order chi connectivity index (χ1) is 15.5. The number of fused-ring (bicyclic) bond motifs is 1. The number of ketones is 1. The average Bonchev–Trinajstić information content (AvgIpc) is 2.95. The van der Waals surface area contributed by atoms with E-state index in [2.05, 4.69) is 0 Å². The molecule has 1 aliphatic rings. The lowest BCUT2D eigenvalue weighted by molar-refractivity contribution is -0.136. The Kier molecular flexibility index (Phi) is 6.12. The van der Waals surface area contributed by atoms with Crippen molar-refractivity contribution in [1.82, 2.24) is 0 Å². The van der Waals surface area contributed by atoms with E-state index in [9.17, 15) is 14.7 Å². The van der Waals surface area contributed by atoms with Gasteiger partial charge < -0.3 is 10.0 Å². The van der Waals surface area contributed by atoms with Crippen LogP contribution < -0.4 is 4.90 Å². The van der Waals surface area contributed by atoms with Gasteiger partial charge in [-0.25, -0.2) is 0 Å². The van der Waals surface area contributed by atoms with Gasteiger partial charge in [-0.3, -0.25) is 9.59 Å². The molecule has 0 aliphatic carbocycles. The number of carbonyl (C=O) groups excluding carboxylic acids is 2. The number of aryl methyl sites for hydroxylation is 2. The minimum atomic E-state index is -2.00. The summed E-state index contributed by atoms with van der Waals surface area (Å²) in [6.45, 7) is 7.94. The molecule has 1 amide bonds. The van der Waals surface area contributed by atoms with E-state index >= 15 is 0 Å². The van der Waals surface area contributed by atoms with Crippen LogP contribution in [0.3, 0.4) is 0 Å². The Balaban J connectivity index is 1.75. The monoisotopic (exact) mass is 481 g/mol. The van der Waals surface area contributed by atoms with E-state index in [0.29, 0.717) is 26.9 Å². The molecule has 0 saturated carbocycles. The number of carbonyl (C=O) groups is 2. The average molecular weight is 482 g/mol. The van der Waals surface area contributed by atoms with E-state index in [4.69, 9.17) is 23.2 Å². The van der Waals surface area contributed by atoms with E-state index in [1.807, 2.05) is 45.9 Å². The zero-order valence-corrected chi connectivity index (χ0v) is 20.5. The van der Waals surface area contributed by atoms with Crippen LogP contribution in [0.5, 0.6) is 0 Å². The maximum Gasteiger partial charge on any atom is 0.264 e. The van der Waals surface area contributed by atoms with Gasteiger partial charge in [0.2, 0.25) is 0 Å². The smallest absolute Gasteiger partial charge is 0.264 e. The van der Waals surface area contributed by atoms with E-state index in [0.717, 1.165) is 27.8 Å². The van der Waals surface area contributed by atoms with Crippen molar-refractivity contribution in [3.8, 4) is 0 Å². The fraction of sp³-hybridized carbons (Fsp3) is 0.259. The molecule has 0 fully saturated rings. The molecule has 6 heteroatoms. The van der Waals surface area contributed by atoms with Crippen molar-refractivity contribution in [3.63, 3.8) is 0 Å². The zero-order valence-electron chi connectivity index (χ0n) is 19.0. The third kappa shape index (κ3) is 4.08. The minimum absolute atomic E-state index is 0.239. The summed E-state index contributed by atoms with van der Waals surface area (Å²) in [7, 11) is 0. The molecule has 0 bridgehead atoms. The van der Waals surface area contributed by atoms with Gasteiger partial charge in [-0.05, 0) is 85.8 Å². The predicted octanol–water partition coefficient (Wildman–Crippen LogP) is 6.23. The van der Waals surface area contributed by atoms with E-state index < -0.39 is 11.5 Å². The molecule has 33 heavy (non-hydrogen) atoms. The van der Waals surface area contributed by atoms with Crippen LogP contribution in [0.25, 0.3) is 0 Å². The number of nitrogens with zero attached hydrogens (tertiary/aromatic N) is 1. The van der Waals surface area contributed by atoms with Crippen molar-refractivity contribution in [3.05, 3.63) is 97.5 Å². The molecule has 1 N–H and O–H groups in total. The Morgan fingerprint density at radius 3 is 2.09 bits per heavy atom. The van der Waals surface area contributed by atoms with Crippen molar-refractivity contribution in [2.45, 2.75) is 46.3 Å². The van der Waals surface area contributed by atoms with Crippen LogP contribution in [0.1, 0.15) is 50.2 Å². The Morgan fingerprint density at radius 2 is 1.48 bits per heavy atom. The summed E-state index contributed by atoms with van der Waals surface area (Å²) >= 11 is 12.2. The summed E-state index contributed by atoms with van der Waals surface area (Å²) in [5.74, 6) is -0.810. The normalized spacial score (nSPS) is 17.4. The predicted molar refractivity (Wildman–Crippen MR) is 132 cm³/mol. The Bertz CT molecular complexity index is 1260. The van der Waals surface area contributed by atoms with Gasteiger partial charge in [0.25, 0.3) is 5.91 Å². The second-order valence-corrected chi connectivity index (χ2v) is 9.65. The Labute approximate surface area is 203 Å². The second kappa shape index (κ2) is 8.60. The van der Waals surface area contributed by atoms with Gasteiger partial charge in [0.1, 0.15) is 0 Å². The number of Topliss-reactive ketones (excluding diaryl/α,β-unsaturated/α-hetero) is 1. The van der Waals surface area contributed by atoms with Crippen molar-refractivity contribution in [2.24, 2.45) is 0 Å². The number of rotatable bonds is 5. The summed E-state index contributed by atoms with van der Waals surface area (Å²) in [5.41, 5.74) is 4.03. The Morgan fingerprint density at radius 1 is 0.909 bits per heavy atom. The van der Waals surface area contributed by atoms with E-state index in [1.54, 1.807) is 30.3 Å². The highest BCUT2D eigenvalue weighted by atomic mass is 35.5. The van der Waals surface area contributed by atoms with E-state index in [-0.39, 0.29) is 18.7 Å². The maximum atomic E-state index is 13.6. The fourth-order valence-electron chi connectivity index (χ4n) is 4.58. The van der Waals surface area contributed by atoms with Crippen molar-refractivity contribution >= 4 is 40.6 Å². The summed E-state index contributed by atoms with van der Waals surface area (Å²) < 4.78 is 0. The van der Waals surface area contributed by atoms with Gasteiger partial charge in [0.15, 0.2) is 11.4 Å². The third-order valence-electron chi connectivity index (χ3n) is 6.61. The highest BCUT2D eigenvalue weighted by molar-refractivity contribution is 6.31. The first kappa shape index (κ1) is 23.5. The molecule has 3 aromatic rings. The number of halogens is 2. The van der Waals surface area contributed by atoms with Crippen molar-refractivity contribution < 1.29 is 14.7 Å². The summed E-state index contributed by atoms with van der Waals surface area (Å²) in [4.78, 5) is 28.6. The van der Waals surface area contributed by atoms with Crippen LogP contribution in [0, 0.1) is 27.7 Å². The highest BCUT2D eigenvalue weighted by Crippen LogP contribution is 2.45. The lowest BCUT2D eigenvalue weighted by Gasteiger charge is -2.24. The van der Waals surface area contributed by atoms with Crippen molar-refractivity contribution in [2.75, 3.05) is 4.90 Å². The lowest BCUT2D eigenvalue weighted by Crippen LogP contribution is -2.41. The van der Waals surface area contributed by atoms with E-state index in [1.165, 1.54) is 4.90 Å². The van der Waals surface area contributed by atoms with Crippen LogP contribution in [0.15, 0.2) is 48.5 Å². The standard InChI is InChI=1S/C27H25Cl2NO3/c1-15-11-16(2)18(4)25(17(15)3)24(31)13-27(33)22-12-21(29)9-10-23(22)30(26(27)32)14-19-5-7-20(28)8-6-19/h5-12,33H,13-14H2,1-4H3/t27-/m1/s1. The molecule has 3 aromatic carbocycles. The van der Waals surface area contributed by atoms with Crippen LogP contribution in [0.4, 0.5) is 5.69 Å². The van der Waals surface area contributed by atoms with Gasteiger partial charge in [-0.1, -0.05) is 41.4 Å². The first-order valence-corrected chi connectivity index (χ1v) is 11.5. The molecule has 4 rings (SSSR count). The maximum absolute atomic E-state index is 13.6. The molecule has 4 nitrogen and oxygen atoms in total. The van der Waals surface area contributed by atoms with Crippen molar-refractivity contribution in [1.29, 1.82) is 0 Å². The van der Waals surface area contributed by atoms with Gasteiger partial charge in [-0.2, -0.15) is 0 Å². The van der Waals surface area contributed by atoms with Gasteiger partial charge in [-0.15, -0.1) is 0 Å². The number of hydrogen-bond acceptors (Lipinski definition) is 3. The summed E-state index contributed by atoms with van der Waals surface area (Å²) in [6, 6.07) is 14.2. The van der Waals surface area contributed by atoms with Crippen LogP contribution >= 0.6 is 23.2 Å².